The van der Waals surface area contributed by atoms with Gasteiger partial charge in [0.25, 0.3) is 0 Å². The van der Waals surface area contributed by atoms with Crippen LogP contribution in [0.1, 0.15) is 43.9 Å². The molecular weight excluding hydrogens is 208 g/mol. The molecule has 1 heterocycles. The Labute approximate surface area is 105 Å². The third-order valence-corrected chi connectivity index (χ3v) is 3.76. The van der Waals surface area contributed by atoms with E-state index in [-0.39, 0.29) is 0 Å². The van der Waals surface area contributed by atoms with Crippen molar-refractivity contribution in [1.29, 1.82) is 0 Å². The fraction of sp³-hybridized carbons (Fsp3) is 0.667. The van der Waals surface area contributed by atoms with Crippen LogP contribution in [-0.4, -0.2) is 17.6 Å². The molecule has 2 heteroatoms. The Balaban J connectivity index is 1.88. The van der Waals surface area contributed by atoms with E-state index in [2.05, 4.69) is 36.3 Å². The maximum atomic E-state index is 4.51. The van der Waals surface area contributed by atoms with Gasteiger partial charge in [0, 0.05) is 24.4 Å². The number of hydrogen-bond donors (Lipinski definition) is 1. The summed E-state index contributed by atoms with van der Waals surface area (Å²) in [5.41, 5.74) is 2.47. The average molecular weight is 232 g/mol. The minimum absolute atomic E-state index is 0.612. The van der Waals surface area contributed by atoms with Crippen molar-refractivity contribution in [3.63, 3.8) is 0 Å². The number of likely N-dealkylation sites (N-methyl/N-ethyl adjacent to an activating group) is 1. The van der Waals surface area contributed by atoms with E-state index in [4.69, 9.17) is 0 Å². The average Bonchev–Trinajstić information content (AvgIpc) is 2.27. The zero-order valence-electron chi connectivity index (χ0n) is 11.1. The van der Waals surface area contributed by atoms with E-state index >= 15 is 0 Å². The van der Waals surface area contributed by atoms with Crippen LogP contribution in [0.4, 0.5) is 0 Å². The summed E-state index contributed by atoms with van der Waals surface area (Å²) in [6, 6.07) is 4.94. The van der Waals surface area contributed by atoms with Gasteiger partial charge in [-0.2, -0.15) is 0 Å². The summed E-state index contributed by atoms with van der Waals surface area (Å²) in [6.45, 7) is 5.34. The van der Waals surface area contributed by atoms with E-state index in [9.17, 15) is 0 Å². The second kappa shape index (κ2) is 6.15. The van der Waals surface area contributed by atoms with Gasteiger partial charge in [-0.1, -0.05) is 32.3 Å². The maximum absolute atomic E-state index is 4.51. The number of aromatic nitrogens is 1. The molecule has 2 nitrogen and oxygen atoms in total. The molecule has 0 saturated heterocycles. The van der Waals surface area contributed by atoms with Crippen LogP contribution in [0.5, 0.6) is 0 Å². The Hall–Kier alpha value is -0.890. The highest BCUT2D eigenvalue weighted by molar-refractivity contribution is 5.13. The molecule has 0 aromatic carbocycles. The first-order chi connectivity index (χ1) is 8.28. The second-order valence-electron chi connectivity index (χ2n) is 5.32. The first-order valence-electron chi connectivity index (χ1n) is 6.93. The quantitative estimate of drug-likeness (QED) is 0.815. The molecule has 1 aromatic heterocycles. The van der Waals surface area contributed by atoms with Crippen molar-refractivity contribution in [3.8, 4) is 0 Å². The number of aryl methyl sites for hydroxylation is 1. The summed E-state index contributed by atoms with van der Waals surface area (Å²) < 4.78 is 0. The summed E-state index contributed by atoms with van der Waals surface area (Å²) in [7, 11) is 0. The number of hydrogen-bond acceptors (Lipinski definition) is 2. The van der Waals surface area contributed by atoms with Gasteiger partial charge >= 0.3 is 0 Å². The lowest BCUT2D eigenvalue weighted by molar-refractivity contribution is 0.259. The molecule has 1 N–H and O–H groups in total. The molecule has 1 aliphatic rings. The van der Waals surface area contributed by atoms with Crippen LogP contribution < -0.4 is 5.32 Å². The van der Waals surface area contributed by atoms with Crippen molar-refractivity contribution in [1.82, 2.24) is 10.3 Å². The fourth-order valence-electron chi connectivity index (χ4n) is 2.53. The molecule has 1 saturated carbocycles. The van der Waals surface area contributed by atoms with Crippen LogP contribution in [0.25, 0.3) is 0 Å². The van der Waals surface area contributed by atoms with Crippen molar-refractivity contribution in [3.05, 3.63) is 29.6 Å². The molecule has 0 radical (unpaired) electrons. The molecular formula is C15H24N2. The number of pyridine rings is 1. The molecule has 1 aliphatic carbocycles. The second-order valence-corrected chi connectivity index (χ2v) is 5.32. The predicted molar refractivity (Wildman–Crippen MR) is 72.1 cm³/mol. The third kappa shape index (κ3) is 3.81. The van der Waals surface area contributed by atoms with Gasteiger partial charge in [-0.3, -0.25) is 4.98 Å². The monoisotopic (exact) mass is 232 g/mol. The molecule has 94 valence electrons. The van der Waals surface area contributed by atoms with Crippen molar-refractivity contribution in [2.45, 2.75) is 52.0 Å². The smallest absolute Gasteiger partial charge is 0.0419 e. The number of nitrogens with one attached hydrogen (secondary N) is 1. The summed E-state index contributed by atoms with van der Waals surface area (Å²) >= 11 is 0. The lowest BCUT2D eigenvalue weighted by atomic mass is 9.80. The predicted octanol–water partition coefficient (Wildman–Crippen LogP) is 3.10. The highest BCUT2D eigenvalue weighted by Crippen LogP contribution is 2.30. The Morgan fingerprint density at radius 3 is 2.76 bits per heavy atom. The zero-order chi connectivity index (χ0) is 12.1. The standard InChI is InChI=1S/C15H24N2/c1-3-16-15(9-13-5-4-6-13)10-14-8-7-12(2)11-17-14/h7-8,11,13,15-16H,3-6,9-10H2,1-2H3. The van der Waals surface area contributed by atoms with Gasteiger partial charge in [-0.15, -0.1) is 0 Å². The van der Waals surface area contributed by atoms with Crippen LogP contribution in [0.15, 0.2) is 18.3 Å². The van der Waals surface area contributed by atoms with Gasteiger partial charge in [0.2, 0.25) is 0 Å². The lowest BCUT2D eigenvalue weighted by Crippen LogP contribution is -2.34. The summed E-state index contributed by atoms with van der Waals surface area (Å²) in [5.74, 6) is 0.962. The van der Waals surface area contributed by atoms with Crippen LogP contribution in [-0.2, 0) is 6.42 Å². The van der Waals surface area contributed by atoms with Crippen molar-refractivity contribution < 1.29 is 0 Å². The van der Waals surface area contributed by atoms with Crippen LogP contribution in [0, 0.1) is 12.8 Å². The van der Waals surface area contributed by atoms with E-state index in [0.29, 0.717) is 6.04 Å². The Kier molecular flexibility index (Phi) is 4.55. The van der Waals surface area contributed by atoms with E-state index in [1.165, 1.54) is 36.9 Å². The summed E-state index contributed by atoms with van der Waals surface area (Å²) in [5, 5.41) is 3.60. The number of nitrogens with zero attached hydrogens (tertiary/aromatic N) is 1. The molecule has 17 heavy (non-hydrogen) atoms. The number of rotatable bonds is 6. The first kappa shape index (κ1) is 12.6. The molecule has 1 aromatic rings. The van der Waals surface area contributed by atoms with Crippen molar-refractivity contribution in [2.75, 3.05) is 6.54 Å². The van der Waals surface area contributed by atoms with Gasteiger partial charge in [0.05, 0.1) is 0 Å². The minimum atomic E-state index is 0.612. The van der Waals surface area contributed by atoms with Crippen LogP contribution >= 0.6 is 0 Å². The van der Waals surface area contributed by atoms with Gasteiger partial charge in [0.15, 0.2) is 0 Å². The molecule has 0 bridgehead atoms. The SMILES string of the molecule is CCNC(Cc1ccc(C)cn1)CC1CCC1. The molecule has 0 amide bonds. The first-order valence-corrected chi connectivity index (χ1v) is 6.93. The minimum Gasteiger partial charge on any atom is -0.314 e. The largest absolute Gasteiger partial charge is 0.314 e. The zero-order valence-corrected chi connectivity index (χ0v) is 11.1. The maximum Gasteiger partial charge on any atom is 0.0419 e. The van der Waals surface area contributed by atoms with Gasteiger partial charge < -0.3 is 5.32 Å². The molecule has 1 atom stereocenters. The van der Waals surface area contributed by atoms with Gasteiger partial charge in [-0.25, -0.2) is 0 Å². The Morgan fingerprint density at radius 2 is 2.24 bits per heavy atom. The molecule has 1 unspecified atom stereocenters. The highest BCUT2D eigenvalue weighted by Gasteiger charge is 2.21. The van der Waals surface area contributed by atoms with Crippen LogP contribution in [0.3, 0.4) is 0 Å². The van der Waals surface area contributed by atoms with E-state index < -0.39 is 0 Å². The van der Waals surface area contributed by atoms with Crippen LogP contribution in [0.2, 0.25) is 0 Å². The lowest BCUT2D eigenvalue weighted by Gasteiger charge is -2.30. The molecule has 0 spiro atoms. The fourth-order valence-corrected chi connectivity index (χ4v) is 2.53. The molecule has 1 fully saturated rings. The van der Waals surface area contributed by atoms with E-state index in [0.717, 1.165) is 18.9 Å². The Bertz CT molecular complexity index is 327. The van der Waals surface area contributed by atoms with E-state index in [1.807, 2.05) is 6.20 Å². The van der Waals surface area contributed by atoms with E-state index in [1.54, 1.807) is 0 Å². The normalized spacial score (nSPS) is 17.8. The molecule has 0 aliphatic heterocycles. The van der Waals surface area contributed by atoms with Crippen molar-refractivity contribution in [2.24, 2.45) is 5.92 Å². The Morgan fingerprint density at radius 1 is 1.41 bits per heavy atom. The third-order valence-electron chi connectivity index (χ3n) is 3.76. The van der Waals surface area contributed by atoms with Gasteiger partial charge in [0.1, 0.15) is 0 Å². The summed E-state index contributed by atoms with van der Waals surface area (Å²) in [4.78, 5) is 4.51. The topological polar surface area (TPSA) is 24.9 Å². The molecule has 2 rings (SSSR count). The van der Waals surface area contributed by atoms with Gasteiger partial charge in [-0.05, 0) is 37.4 Å². The highest BCUT2D eigenvalue weighted by atomic mass is 14.9. The van der Waals surface area contributed by atoms with Crippen molar-refractivity contribution >= 4 is 0 Å². The summed E-state index contributed by atoms with van der Waals surface area (Å²) in [6.07, 6.45) is 8.68.